The average molecular weight is 432 g/mol. The summed E-state index contributed by atoms with van der Waals surface area (Å²) < 4.78 is 21.4. The molecule has 0 aromatic heterocycles. The average Bonchev–Trinajstić information content (AvgIpc) is 3.33. The lowest BCUT2D eigenvalue weighted by molar-refractivity contribution is -0.195. The summed E-state index contributed by atoms with van der Waals surface area (Å²) in [6, 6.07) is 4.03. The molecule has 0 aliphatic carbocycles. The van der Waals surface area contributed by atoms with Crippen molar-refractivity contribution < 1.29 is 38.1 Å². The quantitative estimate of drug-likeness (QED) is 0.516. The number of amides is 2. The van der Waals surface area contributed by atoms with Crippen LogP contribution in [0, 0.1) is 0 Å². The number of piperidine rings is 1. The monoisotopic (exact) mass is 432 g/mol. The van der Waals surface area contributed by atoms with Crippen LogP contribution >= 0.6 is 0 Å². The maximum Gasteiger partial charge on any atom is 0.329 e. The van der Waals surface area contributed by atoms with Gasteiger partial charge in [0, 0.05) is 18.9 Å². The van der Waals surface area contributed by atoms with Crippen molar-refractivity contribution in [2.75, 3.05) is 27.4 Å². The minimum atomic E-state index is -1.18. The molecule has 3 atom stereocenters. The van der Waals surface area contributed by atoms with Crippen LogP contribution in [0.4, 0.5) is 0 Å². The largest absolute Gasteiger partial charge is 0.468 e. The fraction of sp³-hybridized carbons (Fsp3) is 0.524. The SMILES string of the molecule is COC(=O)[C@@H]1CC2(C[C@@H](C[C@@H](C(=O)OC)N3C(=O)c4ccccc4C3=O)N1)OCCO2. The first-order chi connectivity index (χ1) is 14.9. The van der Waals surface area contributed by atoms with Gasteiger partial charge < -0.3 is 24.3 Å². The molecule has 3 heterocycles. The van der Waals surface area contributed by atoms with Gasteiger partial charge in [-0.15, -0.1) is 0 Å². The molecule has 0 bridgehead atoms. The summed E-state index contributed by atoms with van der Waals surface area (Å²) in [6.07, 6.45) is 0.614. The summed E-state index contributed by atoms with van der Waals surface area (Å²) in [5, 5.41) is 3.15. The Labute approximate surface area is 178 Å². The van der Waals surface area contributed by atoms with Gasteiger partial charge in [-0.25, -0.2) is 4.79 Å². The number of hydrogen-bond donors (Lipinski definition) is 1. The van der Waals surface area contributed by atoms with Crippen molar-refractivity contribution in [1.29, 1.82) is 0 Å². The summed E-state index contributed by atoms with van der Waals surface area (Å²) in [6.45, 7) is 0.777. The standard InChI is InChI=1S/C21H24N2O8/c1-28-19(26)15-11-21(30-7-8-31-21)10-12(22-15)9-16(20(27)29-2)23-17(24)13-5-3-4-6-14(13)18(23)25/h3-6,12,15-16,22H,7-11H2,1-2H3/t12-,15+,16+/m1/s1. The number of rotatable bonds is 5. The third-order valence-electron chi connectivity index (χ3n) is 5.93. The van der Waals surface area contributed by atoms with Crippen molar-refractivity contribution in [3.8, 4) is 0 Å². The van der Waals surface area contributed by atoms with E-state index in [-0.39, 0.29) is 24.0 Å². The minimum Gasteiger partial charge on any atom is -0.468 e. The highest BCUT2D eigenvalue weighted by atomic mass is 16.7. The van der Waals surface area contributed by atoms with Crippen LogP contribution < -0.4 is 5.32 Å². The number of benzene rings is 1. The third-order valence-corrected chi connectivity index (χ3v) is 5.93. The third kappa shape index (κ3) is 3.82. The van der Waals surface area contributed by atoms with E-state index in [1.165, 1.54) is 14.2 Å². The Hall–Kier alpha value is -2.82. The lowest BCUT2D eigenvalue weighted by Gasteiger charge is -2.41. The Morgan fingerprint density at radius 3 is 2.26 bits per heavy atom. The Morgan fingerprint density at radius 2 is 1.71 bits per heavy atom. The smallest absolute Gasteiger partial charge is 0.329 e. The summed E-state index contributed by atoms with van der Waals surface area (Å²) in [5.41, 5.74) is 0.480. The number of hydrogen-bond acceptors (Lipinski definition) is 9. The van der Waals surface area contributed by atoms with E-state index >= 15 is 0 Å². The first kappa shape index (κ1) is 21.4. The zero-order valence-electron chi connectivity index (χ0n) is 17.3. The minimum absolute atomic E-state index is 0.0279. The topological polar surface area (TPSA) is 120 Å². The molecule has 2 saturated heterocycles. The normalized spacial score (nSPS) is 25.4. The Bertz CT molecular complexity index is 875. The van der Waals surface area contributed by atoms with Crippen LogP contribution in [-0.2, 0) is 28.5 Å². The number of esters is 2. The molecule has 2 amide bonds. The molecule has 1 aromatic carbocycles. The van der Waals surface area contributed by atoms with Gasteiger partial charge in [-0.3, -0.25) is 19.3 Å². The van der Waals surface area contributed by atoms with Crippen molar-refractivity contribution >= 4 is 23.8 Å². The molecule has 1 aromatic rings. The van der Waals surface area contributed by atoms with E-state index in [0.717, 1.165) is 4.90 Å². The molecule has 10 heteroatoms. The van der Waals surface area contributed by atoms with Crippen molar-refractivity contribution in [3.05, 3.63) is 35.4 Å². The lowest BCUT2D eigenvalue weighted by atomic mass is 9.88. The maximum absolute atomic E-state index is 12.9. The molecule has 1 spiro atoms. The van der Waals surface area contributed by atoms with Crippen LogP contribution in [0.2, 0.25) is 0 Å². The predicted octanol–water partition coefficient (Wildman–Crippen LogP) is 0.251. The maximum atomic E-state index is 12.9. The van der Waals surface area contributed by atoms with Crippen LogP contribution in [0.15, 0.2) is 24.3 Å². The van der Waals surface area contributed by atoms with Gasteiger partial charge in [-0.2, -0.15) is 0 Å². The molecule has 10 nitrogen and oxygen atoms in total. The second-order valence-corrected chi connectivity index (χ2v) is 7.76. The van der Waals surface area contributed by atoms with E-state index in [1.807, 2.05) is 0 Å². The summed E-state index contributed by atoms with van der Waals surface area (Å²) in [5.74, 6) is -3.31. The van der Waals surface area contributed by atoms with Crippen LogP contribution in [0.5, 0.6) is 0 Å². The molecule has 0 unspecified atom stereocenters. The van der Waals surface area contributed by atoms with Gasteiger partial charge in [0.15, 0.2) is 5.79 Å². The highest BCUT2D eigenvalue weighted by molar-refractivity contribution is 6.22. The second-order valence-electron chi connectivity index (χ2n) is 7.76. The molecule has 2 fully saturated rings. The van der Waals surface area contributed by atoms with E-state index in [4.69, 9.17) is 18.9 Å². The highest BCUT2D eigenvalue weighted by Crippen LogP contribution is 2.36. The number of nitrogens with zero attached hydrogens (tertiary/aromatic N) is 1. The zero-order chi connectivity index (χ0) is 22.2. The summed E-state index contributed by atoms with van der Waals surface area (Å²) in [7, 11) is 2.48. The Balaban J connectivity index is 1.61. The summed E-state index contributed by atoms with van der Waals surface area (Å²) in [4.78, 5) is 51.7. The van der Waals surface area contributed by atoms with Crippen LogP contribution in [0.25, 0.3) is 0 Å². The van der Waals surface area contributed by atoms with Crippen molar-refractivity contribution in [1.82, 2.24) is 10.2 Å². The van der Waals surface area contributed by atoms with Gasteiger partial charge in [-0.1, -0.05) is 12.1 Å². The molecule has 0 radical (unpaired) electrons. The first-order valence-electron chi connectivity index (χ1n) is 10.1. The second kappa shape index (κ2) is 8.37. The van der Waals surface area contributed by atoms with E-state index in [0.29, 0.717) is 19.6 Å². The molecule has 3 aliphatic rings. The van der Waals surface area contributed by atoms with E-state index in [9.17, 15) is 19.2 Å². The summed E-state index contributed by atoms with van der Waals surface area (Å²) >= 11 is 0. The number of carbonyl (C=O) groups excluding carboxylic acids is 4. The predicted molar refractivity (Wildman–Crippen MR) is 104 cm³/mol. The first-order valence-corrected chi connectivity index (χ1v) is 10.1. The fourth-order valence-corrected chi connectivity index (χ4v) is 4.55. The molecule has 166 valence electrons. The van der Waals surface area contributed by atoms with E-state index < -0.39 is 47.7 Å². The highest BCUT2D eigenvalue weighted by Gasteiger charge is 2.50. The molecule has 4 rings (SSSR count). The number of fused-ring (bicyclic) bond motifs is 1. The molecule has 1 N–H and O–H groups in total. The Morgan fingerprint density at radius 1 is 1.10 bits per heavy atom. The number of ether oxygens (including phenoxy) is 4. The molecule has 3 aliphatic heterocycles. The van der Waals surface area contributed by atoms with Crippen molar-refractivity contribution in [2.24, 2.45) is 0 Å². The van der Waals surface area contributed by atoms with E-state index in [2.05, 4.69) is 5.32 Å². The number of imide groups is 1. The van der Waals surface area contributed by atoms with Crippen LogP contribution in [-0.4, -0.2) is 80.0 Å². The van der Waals surface area contributed by atoms with E-state index in [1.54, 1.807) is 24.3 Å². The van der Waals surface area contributed by atoms with Gasteiger partial charge in [0.2, 0.25) is 0 Å². The molecule has 0 saturated carbocycles. The lowest BCUT2D eigenvalue weighted by Crippen LogP contribution is -2.59. The van der Waals surface area contributed by atoms with Crippen molar-refractivity contribution in [2.45, 2.75) is 43.2 Å². The van der Waals surface area contributed by atoms with Gasteiger partial charge in [0.1, 0.15) is 12.1 Å². The number of nitrogens with one attached hydrogen (secondary N) is 1. The van der Waals surface area contributed by atoms with Gasteiger partial charge in [0.25, 0.3) is 11.8 Å². The van der Waals surface area contributed by atoms with Gasteiger partial charge in [-0.05, 0) is 18.6 Å². The fourth-order valence-electron chi connectivity index (χ4n) is 4.55. The van der Waals surface area contributed by atoms with Crippen molar-refractivity contribution in [3.63, 3.8) is 0 Å². The Kier molecular flexibility index (Phi) is 5.78. The van der Waals surface area contributed by atoms with Gasteiger partial charge in [0.05, 0.1) is 38.6 Å². The van der Waals surface area contributed by atoms with Crippen LogP contribution in [0.1, 0.15) is 40.0 Å². The number of carbonyl (C=O) groups is 4. The number of methoxy groups -OCH3 is 2. The molecular weight excluding hydrogens is 408 g/mol. The van der Waals surface area contributed by atoms with Crippen LogP contribution in [0.3, 0.4) is 0 Å². The molecular formula is C21H24N2O8. The molecule has 31 heavy (non-hydrogen) atoms. The van der Waals surface area contributed by atoms with Gasteiger partial charge >= 0.3 is 11.9 Å². The zero-order valence-corrected chi connectivity index (χ0v) is 17.3.